The van der Waals surface area contributed by atoms with Crippen LogP contribution in [0.3, 0.4) is 0 Å². The number of fused-ring (bicyclic) bond motifs is 1. The molecule has 1 aliphatic heterocycles. The Balaban J connectivity index is 1.66. The number of hydrogen-bond acceptors (Lipinski definition) is 4. The molecule has 1 atom stereocenters. The van der Waals surface area contributed by atoms with Crippen molar-refractivity contribution in [1.82, 2.24) is 19.8 Å². The van der Waals surface area contributed by atoms with Crippen LogP contribution in [0.25, 0.3) is 11.0 Å². The van der Waals surface area contributed by atoms with Gasteiger partial charge < -0.3 is 14.8 Å². The summed E-state index contributed by atoms with van der Waals surface area (Å²) in [6.45, 7) is 9.49. The van der Waals surface area contributed by atoms with Crippen molar-refractivity contribution >= 4 is 22.9 Å². The average Bonchev–Trinajstić information content (AvgIpc) is 2.91. The van der Waals surface area contributed by atoms with E-state index in [1.54, 1.807) is 0 Å². The number of piperazine rings is 1. The number of para-hydroxylation sites is 2. The second kappa shape index (κ2) is 6.81. The molecule has 6 nitrogen and oxygen atoms in total. The Labute approximate surface area is 143 Å². The number of carbonyl (C=O) groups is 1. The molecule has 24 heavy (non-hydrogen) atoms. The van der Waals surface area contributed by atoms with E-state index in [1.807, 2.05) is 39.0 Å². The fourth-order valence-corrected chi connectivity index (χ4v) is 3.30. The van der Waals surface area contributed by atoms with Crippen LogP contribution in [-0.2, 0) is 11.8 Å². The van der Waals surface area contributed by atoms with Crippen molar-refractivity contribution in [2.75, 3.05) is 31.1 Å². The molecule has 1 saturated heterocycles. The van der Waals surface area contributed by atoms with Gasteiger partial charge in [0.1, 0.15) is 0 Å². The predicted octanol–water partition coefficient (Wildman–Crippen LogP) is 1.61. The molecule has 2 aromatic rings. The van der Waals surface area contributed by atoms with Crippen LogP contribution in [-0.4, -0.2) is 58.6 Å². The summed E-state index contributed by atoms with van der Waals surface area (Å²) in [7, 11) is 2.07. The van der Waals surface area contributed by atoms with E-state index >= 15 is 0 Å². The van der Waals surface area contributed by atoms with Gasteiger partial charge in [-0.25, -0.2) is 4.98 Å². The molecule has 1 aromatic heterocycles. The van der Waals surface area contributed by atoms with Gasteiger partial charge >= 0.3 is 0 Å². The van der Waals surface area contributed by atoms with Gasteiger partial charge in [-0.05, 0) is 32.9 Å². The second-order valence-electron chi connectivity index (χ2n) is 6.82. The average molecular weight is 329 g/mol. The molecule has 130 valence electrons. The van der Waals surface area contributed by atoms with Crippen LogP contribution >= 0.6 is 0 Å². The summed E-state index contributed by atoms with van der Waals surface area (Å²) >= 11 is 0. The molecule has 0 aliphatic carbocycles. The van der Waals surface area contributed by atoms with E-state index in [2.05, 4.69) is 32.8 Å². The standard InChI is InChI=1S/C18H27N5O/c1-13(2)19-17(24)14(3)22-9-11-23(12-10-22)18-20-15-7-5-6-8-16(15)21(18)4/h5-8,13-14H,9-12H2,1-4H3,(H,19,24). The van der Waals surface area contributed by atoms with Crippen molar-refractivity contribution in [3.05, 3.63) is 24.3 Å². The molecule has 3 rings (SSSR count). The van der Waals surface area contributed by atoms with Crippen molar-refractivity contribution in [3.8, 4) is 0 Å². The number of aromatic nitrogens is 2. The predicted molar refractivity (Wildman–Crippen MR) is 97.2 cm³/mol. The highest BCUT2D eigenvalue weighted by molar-refractivity contribution is 5.81. The van der Waals surface area contributed by atoms with Crippen LogP contribution in [0, 0.1) is 0 Å². The maximum atomic E-state index is 12.2. The van der Waals surface area contributed by atoms with E-state index in [0.29, 0.717) is 0 Å². The molecule has 1 aromatic carbocycles. The largest absolute Gasteiger partial charge is 0.353 e. The number of anilines is 1. The lowest BCUT2D eigenvalue weighted by molar-refractivity contribution is -0.126. The fraction of sp³-hybridized carbons (Fsp3) is 0.556. The molecule has 1 amide bonds. The second-order valence-corrected chi connectivity index (χ2v) is 6.82. The molecule has 6 heteroatoms. The first kappa shape index (κ1) is 16.8. The molecule has 0 bridgehead atoms. The minimum absolute atomic E-state index is 0.0880. The highest BCUT2D eigenvalue weighted by Gasteiger charge is 2.27. The molecular weight excluding hydrogens is 302 g/mol. The number of nitrogens with zero attached hydrogens (tertiary/aromatic N) is 4. The summed E-state index contributed by atoms with van der Waals surface area (Å²) in [5, 5.41) is 3.00. The highest BCUT2D eigenvalue weighted by Crippen LogP contribution is 2.22. The lowest BCUT2D eigenvalue weighted by Gasteiger charge is -2.38. The third-order valence-corrected chi connectivity index (χ3v) is 4.72. The first-order valence-corrected chi connectivity index (χ1v) is 8.68. The van der Waals surface area contributed by atoms with E-state index in [0.717, 1.165) is 43.2 Å². The molecule has 1 fully saturated rings. The van der Waals surface area contributed by atoms with Crippen molar-refractivity contribution in [2.45, 2.75) is 32.9 Å². The van der Waals surface area contributed by atoms with Crippen molar-refractivity contribution < 1.29 is 4.79 Å². The zero-order valence-electron chi connectivity index (χ0n) is 15.0. The van der Waals surface area contributed by atoms with Crippen LogP contribution in [0.15, 0.2) is 24.3 Å². The summed E-state index contributed by atoms with van der Waals surface area (Å²) in [5.41, 5.74) is 2.18. The van der Waals surface area contributed by atoms with Gasteiger partial charge in [0.25, 0.3) is 0 Å². The Hall–Kier alpha value is -2.08. The van der Waals surface area contributed by atoms with Gasteiger partial charge in [0.2, 0.25) is 11.9 Å². The number of aryl methyl sites for hydroxylation is 1. The summed E-state index contributed by atoms with van der Waals surface area (Å²) < 4.78 is 2.15. The van der Waals surface area contributed by atoms with E-state index in [-0.39, 0.29) is 18.0 Å². The Bertz CT molecular complexity index is 715. The van der Waals surface area contributed by atoms with E-state index in [1.165, 1.54) is 0 Å². The monoisotopic (exact) mass is 329 g/mol. The first-order chi connectivity index (χ1) is 11.5. The molecule has 1 unspecified atom stereocenters. The third kappa shape index (κ3) is 3.24. The van der Waals surface area contributed by atoms with Gasteiger partial charge in [0, 0.05) is 39.3 Å². The number of rotatable bonds is 4. The Kier molecular flexibility index (Phi) is 4.76. The van der Waals surface area contributed by atoms with Gasteiger partial charge in [-0.3, -0.25) is 9.69 Å². The number of amides is 1. The van der Waals surface area contributed by atoms with Gasteiger partial charge in [-0.2, -0.15) is 0 Å². The summed E-state index contributed by atoms with van der Waals surface area (Å²) in [5.74, 6) is 1.12. The number of carbonyl (C=O) groups excluding carboxylic acids is 1. The Morgan fingerprint density at radius 1 is 1.12 bits per heavy atom. The number of nitrogens with one attached hydrogen (secondary N) is 1. The zero-order chi connectivity index (χ0) is 17.3. The van der Waals surface area contributed by atoms with Gasteiger partial charge in [0.05, 0.1) is 17.1 Å². The van der Waals surface area contributed by atoms with Crippen molar-refractivity contribution in [3.63, 3.8) is 0 Å². The smallest absolute Gasteiger partial charge is 0.237 e. The van der Waals surface area contributed by atoms with E-state index in [4.69, 9.17) is 4.98 Å². The SMILES string of the molecule is CC(C)NC(=O)C(C)N1CCN(c2nc3ccccc3n2C)CC1. The summed E-state index contributed by atoms with van der Waals surface area (Å²) in [6, 6.07) is 8.30. The molecule has 0 saturated carbocycles. The number of hydrogen-bond donors (Lipinski definition) is 1. The zero-order valence-corrected chi connectivity index (χ0v) is 15.0. The quantitative estimate of drug-likeness (QED) is 0.926. The molecule has 0 radical (unpaired) electrons. The highest BCUT2D eigenvalue weighted by atomic mass is 16.2. The maximum absolute atomic E-state index is 12.2. The van der Waals surface area contributed by atoms with Gasteiger partial charge in [-0.1, -0.05) is 12.1 Å². The lowest BCUT2D eigenvalue weighted by Crippen LogP contribution is -2.55. The van der Waals surface area contributed by atoms with Crippen LogP contribution in [0.2, 0.25) is 0 Å². The molecule has 2 heterocycles. The van der Waals surface area contributed by atoms with Crippen LogP contribution in [0.1, 0.15) is 20.8 Å². The Morgan fingerprint density at radius 2 is 1.79 bits per heavy atom. The van der Waals surface area contributed by atoms with Crippen LogP contribution in [0.4, 0.5) is 5.95 Å². The molecule has 0 spiro atoms. The van der Waals surface area contributed by atoms with Crippen LogP contribution < -0.4 is 10.2 Å². The number of benzene rings is 1. The van der Waals surface area contributed by atoms with E-state index < -0.39 is 0 Å². The van der Waals surface area contributed by atoms with Crippen molar-refractivity contribution in [1.29, 1.82) is 0 Å². The molecule has 1 aliphatic rings. The fourth-order valence-electron chi connectivity index (χ4n) is 3.30. The topological polar surface area (TPSA) is 53.4 Å². The van der Waals surface area contributed by atoms with Crippen molar-refractivity contribution in [2.24, 2.45) is 7.05 Å². The normalized spacial score (nSPS) is 17.5. The number of imidazole rings is 1. The van der Waals surface area contributed by atoms with Gasteiger partial charge in [-0.15, -0.1) is 0 Å². The minimum atomic E-state index is -0.0880. The van der Waals surface area contributed by atoms with E-state index in [9.17, 15) is 4.79 Å². The lowest BCUT2D eigenvalue weighted by atomic mass is 10.2. The van der Waals surface area contributed by atoms with Crippen LogP contribution in [0.5, 0.6) is 0 Å². The maximum Gasteiger partial charge on any atom is 0.237 e. The Morgan fingerprint density at radius 3 is 2.42 bits per heavy atom. The third-order valence-electron chi connectivity index (χ3n) is 4.72. The summed E-state index contributed by atoms with van der Waals surface area (Å²) in [4.78, 5) is 21.5. The molecular formula is C18H27N5O. The molecule has 1 N–H and O–H groups in total. The summed E-state index contributed by atoms with van der Waals surface area (Å²) in [6.07, 6.45) is 0. The van der Waals surface area contributed by atoms with Gasteiger partial charge in [0.15, 0.2) is 0 Å². The minimum Gasteiger partial charge on any atom is -0.353 e. The first-order valence-electron chi connectivity index (χ1n) is 8.68.